The largest absolute Gasteiger partial charge is 0.453 e. The minimum atomic E-state index is -0.673. The molecule has 6 nitrogen and oxygen atoms in total. The van der Waals surface area contributed by atoms with Crippen LogP contribution in [-0.4, -0.2) is 15.2 Å². The molecule has 0 aliphatic carbocycles. The second kappa shape index (κ2) is 8.82. The lowest BCUT2D eigenvalue weighted by Gasteiger charge is -2.11. The van der Waals surface area contributed by atoms with E-state index in [0.29, 0.717) is 5.89 Å². The van der Waals surface area contributed by atoms with Crippen LogP contribution in [0.4, 0.5) is 4.39 Å². The predicted molar refractivity (Wildman–Crippen MR) is 127 cm³/mol. The Hall–Kier alpha value is -3.86. The molecule has 0 bridgehead atoms. The lowest BCUT2D eigenvalue weighted by molar-refractivity contribution is 0.437. The van der Waals surface area contributed by atoms with Gasteiger partial charge in [-0.25, -0.2) is 4.39 Å². The fourth-order valence-corrected chi connectivity index (χ4v) is 4.09. The van der Waals surface area contributed by atoms with Gasteiger partial charge in [-0.3, -0.25) is 0 Å². The van der Waals surface area contributed by atoms with E-state index < -0.39 is 5.82 Å². The summed E-state index contributed by atoms with van der Waals surface area (Å²) in [6, 6.07) is 17.2. The highest BCUT2D eigenvalue weighted by molar-refractivity contribution is 6.32. The molecule has 0 spiro atoms. The molecule has 2 aromatic heterocycles. The summed E-state index contributed by atoms with van der Waals surface area (Å²) in [4.78, 5) is 3.29. The molecule has 0 fully saturated rings. The molecule has 0 atom stereocenters. The van der Waals surface area contributed by atoms with Crippen LogP contribution in [0.15, 0.2) is 59.0 Å². The molecule has 0 amide bonds. The fraction of sp³-hybridized carbons (Fsp3) is 0.0800. The van der Waals surface area contributed by atoms with Crippen molar-refractivity contribution < 1.29 is 13.5 Å². The number of H-pyrrole nitrogens is 1. The van der Waals surface area contributed by atoms with E-state index in [1.165, 1.54) is 30.3 Å². The number of rotatable bonds is 5. The quantitative estimate of drug-likeness (QED) is 0.279. The Morgan fingerprint density at radius 3 is 2.79 bits per heavy atom. The number of nitrogens with one attached hydrogen (secondary N) is 1. The number of nitrogens with zero attached hydrogens (tertiary/aromatic N) is 3. The van der Waals surface area contributed by atoms with Crippen LogP contribution >= 0.6 is 23.2 Å². The third-order valence-corrected chi connectivity index (χ3v) is 5.69. The van der Waals surface area contributed by atoms with E-state index in [0.717, 1.165) is 22.2 Å². The molecule has 3 aromatic carbocycles. The smallest absolute Gasteiger partial charge is 0.249 e. The highest BCUT2D eigenvalue weighted by Gasteiger charge is 2.19. The molecule has 5 rings (SSSR count). The van der Waals surface area contributed by atoms with Crippen molar-refractivity contribution in [2.75, 3.05) is 0 Å². The van der Waals surface area contributed by atoms with Crippen LogP contribution in [0.2, 0.25) is 10.0 Å². The molecule has 2 heterocycles. The summed E-state index contributed by atoms with van der Waals surface area (Å²) in [5.74, 6) is -0.103. The Morgan fingerprint density at radius 2 is 1.97 bits per heavy atom. The van der Waals surface area contributed by atoms with Crippen molar-refractivity contribution in [2.45, 2.75) is 13.3 Å². The maximum Gasteiger partial charge on any atom is 0.249 e. The number of hydrogen-bond donors (Lipinski definition) is 1. The van der Waals surface area contributed by atoms with E-state index in [4.69, 9.17) is 37.6 Å². The zero-order valence-electron chi connectivity index (χ0n) is 17.7. The van der Waals surface area contributed by atoms with Crippen LogP contribution in [0.1, 0.15) is 22.7 Å². The number of nitriles is 1. The molecule has 9 heteroatoms. The zero-order chi connectivity index (χ0) is 23.8. The van der Waals surface area contributed by atoms with Crippen molar-refractivity contribution in [1.82, 2.24) is 15.2 Å². The number of ether oxygens (including phenoxy) is 1. The second-order valence-electron chi connectivity index (χ2n) is 7.64. The predicted octanol–water partition coefficient (Wildman–Crippen LogP) is 7.23. The van der Waals surface area contributed by atoms with Crippen molar-refractivity contribution in [3.05, 3.63) is 93.2 Å². The minimum absolute atomic E-state index is 0.0328. The summed E-state index contributed by atoms with van der Waals surface area (Å²) in [7, 11) is 0. The van der Waals surface area contributed by atoms with Gasteiger partial charge in [0.05, 0.1) is 34.2 Å². The number of para-hydroxylation sites is 1. The molecular weight excluding hydrogens is 478 g/mol. The number of aryl methyl sites for hydroxylation is 1. The molecule has 0 saturated heterocycles. The van der Waals surface area contributed by atoms with E-state index in [1.807, 2.05) is 37.3 Å². The van der Waals surface area contributed by atoms with Gasteiger partial charge >= 0.3 is 0 Å². The van der Waals surface area contributed by atoms with Crippen molar-refractivity contribution in [3.8, 4) is 29.0 Å². The molecule has 0 aliphatic rings. The average molecular weight is 493 g/mol. The first-order valence-corrected chi connectivity index (χ1v) is 10.9. The Morgan fingerprint density at radius 1 is 1.12 bits per heavy atom. The van der Waals surface area contributed by atoms with Gasteiger partial charge in [-0.2, -0.15) is 5.26 Å². The first kappa shape index (κ1) is 22.0. The zero-order valence-corrected chi connectivity index (χ0v) is 19.2. The third kappa shape index (κ3) is 4.21. The molecule has 0 aliphatic heterocycles. The highest BCUT2D eigenvalue weighted by Crippen LogP contribution is 2.36. The summed E-state index contributed by atoms with van der Waals surface area (Å²) in [5.41, 5.74) is 3.20. The van der Waals surface area contributed by atoms with Crippen LogP contribution in [0.3, 0.4) is 0 Å². The van der Waals surface area contributed by atoms with Gasteiger partial charge in [-0.1, -0.05) is 41.4 Å². The van der Waals surface area contributed by atoms with E-state index in [1.54, 1.807) is 0 Å². The van der Waals surface area contributed by atoms with Gasteiger partial charge in [0.25, 0.3) is 0 Å². The lowest BCUT2D eigenvalue weighted by Crippen LogP contribution is -1.98. The standard InChI is InChI=1S/C25H15Cl2FN4O2/c1-13-7-16-3-2-4-19(23(16)30-13)25-32-31-21(34-25)10-15-5-6-20(27)24(22(15)28)33-18-9-14(12-29)8-17(26)11-18/h2-9,11,30H,10H2,1H3. The van der Waals surface area contributed by atoms with Crippen LogP contribution in [0, 0.1) is 24.1 Å². The molecular formula is C25H15Cl2FN4O2. The van der Waals surface area contributed by atoms with E-state index in [2.05, 4.69) is 15.2 Å². The van der Waals surface area contributed by atoms with E-state index in [-0.39, 0.29) is 45.0 Å². The Kier molecular flexibility index (Phi) is 5.70. The van der Waals surface area contributed by atoms with Gasteiger partial charge in [0, 0.05) is 21.7 Å². The van der Waals surface area contributed by atoms with Gasteiger partial charge in [-0.15, -0.1) is 10.2 Å². The van der Waals surface area contributed by atoms with Gasteiger partial charge in [0.2, 0.25) is 11.8 Å². The summed E-state index contributed by atoms with van der Waals surface area (Å²) in [6.45, 7) is 1.97. The maximum atomic E-state index is 15.3. The van der Waals surface area contributed by atoms with Crippen LogP contribution in [-0.2, 0) is 6.42 Å². The summed E-state index contributed by atoms with van der Waals surface area (Å²) >= 11 is 12.2. The average Bonchev–Trinajstić information content (AvgIpc) is 3.43. The Bertz CT molecular complexity index is 1590. The number of fused-ring (bicyclic) bond motifs is 1. The number of hydrogen-bond acceptors (Lipinski definition) is 5. The lowest BCUT2D eigenvalue weighted by atomic mass is 10.1. The maximum absolute atomic E-state index is 15.3. The van der Waals surface area contributed by atoms with Crippen LogP contribution in [0.25, 0.3) is 22.4 Å². The topological polar surface area (TPSA) is 87.7 Å². The van der Waals surface area contributed by atoms with Gasteiger partial charge in [-0.05, 0) is 43.3 Å². The first-order valence-electron chi connectivity index (χ1n) is 10.2. The monoisotopic (exact) mass is 492 g/mol. The first-order chi connectivity index (χ1) is 16.4. The normalized spacial score (nSPS) is 11.0. The molecule has 34 heavy (non-hydrogen) atoms. The summed E-state index contributed by atoms with van der Waals surface area (Å²) in [6.07, 6.45) is 0.0328. The van der Waals surface area contributed by atoms with Crippen molar-refractivity contribution in [1.29, 1.82) is 5.26 Å². The Labute approximate surface area is 203 Å². The van der Waals surface area contributed by atoms with Crippen LogP contribution in [0.5, 0.6) is 11.5 Å². The van der Waals surface area contributed by atoms with Crippen molar-refractivity contribution in [3.63, 3.8) is 0 Å². The molecule has 1 N–H and O–H groups in total. The molecule has 0 radical (unpaired) electrons. The van der Waals surface area contributed by atoms with E-state index in [9.17, 15) is 0 Å². The van der Waals surface area contributed by atoms with Crippen molar-refractivity contribution in [2.24, 2.45) is 0 Å². The summed E-state index contributed by atoms with van der Waals surface area (Å²) in [5, 5.41) is 18.7. The fourth-order valence-electron chi connectivity index (χ4n) is 3.68. The second-order valence-corrected chi connectivity index (χ2v) is 8.48. The molecule has 168 valence electrons. The number of benzene rings is 3. The Balaban J connectivity index is 1.44. The number of halogens is 3. The van der Waals surface area contributed by atoms with Crippen molar-refractivity contribution >= 4 is 34.1 Å². The summed E-state index contributed by atoms with van der Waals surface area (Å²) < 4.78 is 26.8. The molecule has 0 saturated carbocycles. The highest BCUT2D eigenvalue weighted by atomic mass is 35.5. The molecule has 5 aromatic rings. The number of aromatic nitrogens is 3. The van der Waals surface area contributed by atoms with E-state index >= 15 is 4.39 Å². The SMILES string of the molecule is Cc1cc2cccc(-c3nnc(Cc4ccc(Cl)c(Oc5cc(Cl)cc(C#N)c5)c4F)o3)c2[nH]1. The molecule has 0 unspecified atom stereocenters. The number of aromatic amines is 1. The van der Waals surface area contributed by atoms with Gasteiger partial charge < -0.3 is 14.1 Å². The van der Waals surface area contributed by atoms with Gasteiger partial charge in [0.1, 0.15) is 5.75 Å². The minimum Gasteiger partial charge on any atom is -0.453 e. The third-order valence-electron chi connectivity index (χ3n) is 5.18. The van der Waals surface area contributed by atoms with Gasteiger partial charge in [0.15, 0.2) is 11.6 Å². The van der Waals surface area contributed by atoms with Crippen LogP contribution < -0.4 is 4.74 Å².